The Morgan fingerprint density at radius 3 is 2.79 bits per heavy atom. The first-order valence-electron chi connectivity index (χ1n) is 10.5. The fourth-order valence-electron chi connectivity index (χ4n) is 4.72. The van der Waals surface area contributed by atoms with Crippen LogP contribution in [0.4, 0.5) is 0 Å². The summed E-state index contributed by atoms with van der Waals surface area (Å²) in [6, 6.07) is 14.5. The minimum atomic E-state index is -0.105. The summed E-state index contributed by atoms with van der Waals surface area (Å²) in [4.78, 5) is 16.4. The maximum atomic E-state index is 13.0. The smallest absolute Gasteiger partial charge is 0.231 e. The zero-order valence-electron chi connectivity index (χ0n) is 16.4. The van der Waals surface area contributed by atoms with Crippen LogP contribution in [0, 0.1) is 0 Å². The lowest BCUT2D eigenvalue weighted by Gasteiger charge is -2.24. The Balaban J connectivity index is 1.50. The Labute approximate surface area is 170 Å². The number of fused-ring (bicyclic) bond motifs is 2. The van der Waals surface area contributed by atoms with Gasteiger partial charge in [-0.2, -0.15) is 0 Å². The highest BCUT2D eigenvalue weighted by Crippen LogP contribution is 2.44. The maximum absolute atomic E-state index is 13.0. The number of aromatic nitrogens is 1. The number of carbonyl (C=O) groups is 1. The highest BCUT2D eigenvalue weighted by Gasteiger charge is 2.29. The van der Waals surface area contributed by atoms with E-state index in [1.165, 1.54) is 19.3 Å². The van der Waals surface area contributed by atoms with Crippen LogP contribution in [0.15, 0.2) is 48.7 Å². The maximum Gasteiger partial charge on any atom is 0.231 e. The van der Waals surface area contributed by atoms with Crippen molar-refractivity contribution >= 4 is 16.8 Å². The Morgan fingerprint density at radius 1 is 1.03 bits per heavy atom. The molecule has 150 valence electrons. The van der Waals surface area contributed by atoms with Crippen molar-refractivity contribution in [2.24, 2.45) is 0 Å². The van der Waals surface area contributed by atoms with Gasteiger partial charge in [0.1, 0.15) is 0 Å². The van der Waals surface area contributed by atoms with Crippen molar-refractivity contribution in [3.63, 3.8) is 0 Å². The van der Waals surface area contributed by atoms with E-state index in [0.29, 0.717) is 12.5 Å². The number of carbonyl (C=O) groups excluding carboxylic acids is 1. The van der Waals surface area contributed by atoms with E-state index >= 15 is 0 Å². The van der Waals surface area contributed by atoms with Crippen LogP contribution < -0.4 is 14.8 Å². The van der Waals surface area contributed by atoms with Crippen molar-refractivity contribution in [2.75, 3.05) is 6.79 Å². The molecule has 2 aromatic carbocycles. The molecule has 3 aromatic rings. The third-order valence-electron chi connectivity index (χ3n) is 6.16. The van der Waals surface area contributed by atoms with E-state index in [1.807, 2.05) is 36.5 Å². The molecule has 1 atom stereocenters. The van der Waals surface area contributed by atoms with Gasteiger partial charge in [-0.15, -0.1) is 0 Å². The predicted molar refractivity (Wildman–Crippen MR) is 112 cm³/mol. The van der Waals surface area contributed by atoms with Gasteiger partial charge in [-0.3, -0.25) is 4.79 Å². The molecule has 0 bridgehead atoms. The summed E-state index contributed by atoms with van der Waals surface area (Å²) in [7, 11) is 0. The summed E-state index contributed by atoms with van der Waals surface area (Å²) in [5.41, 5.74) is 3.19. The Morgan fingerprint density at radius 2 is 1.90 bits per heavy atom. The molecule has 0 radical (unpaired) electrons. The molecule has 1 aromatic heterocycles. The molecular weight excluding hydrogens is 364 g/mol. The van der Waals surface area contributed by atoms with Gasteiger partial charge in [0.25, 0.3) is 0 Å². The molecule has 2 N–H and O–H groups in total. The molecule has 2 heterocycles. The first kappa shape index (κ1) is 18.1. The van der Waals surface area contributed by atoms with E-state index in [0.717, 1.165) is 46.4 Å². The molecule has 5 nitrogen and oxygen atoms in total. The monoisotopic (exact) mass is 390 g/mol. The lowest BCUT2D eigenvalue weighted by Crippen LogP contribution is -2.36. The van der Waals surface area contributed by atoms with Gasteiger partial charge < -0.3 is 19.8 Å². The Kier molecular flexibility index (Phi) is 4.88. The zero-order valence-corrected chi connectivity index (χ0v) is 16.4. The van der Waals surface area contributed by atoms with Crippen LogP contribution in [-0.2, 0) is 4.79 Å². The molecule has 5 rings (SSSR count). The molecular formula is C24H26N2O3. The lowest BCUT2D eigenvalue weighted by atomic mass is 9.86. The van der Waals surface area contributed by atoms with E-state index in [4.69, 9.17) is 9.47 Å². The fourth-order valence-corrected chi connectivity index (χ4v) is 4.72. The van der Waals surface area contributed by atoms with Gasteiger partial charge >= 0.3 is 0 Å². The second kappa shape index (κ2) is 7.82. The summed E-state index contributed by atoms with van der Waals surface area (Å²) >= 11 is 0. The van der Waals surface area contributed by atoms with Crippen LogP contribution in [0.5, 0.6) is 11.5 Å². The average molecular weight is 390 g/mol. The molecule has 1 aliphatic heterocycles. The molecule has 2 aliphatic rings. The van der Waals surface area contributed by atoms with Crippen molar-refractivity contribution in [2.45, 2.75) is 50.5 Å². The lowest BCUT2D eigenvalue weighted by molar-refractivity contribution is -0.122. The van der Waals surface area contributed by atoms with E-state index < -0.39 is 0 Å². The Bertz CT molecular complexity index is 1020. The van der Waals surface area contributed by atoms with Crippen LogP contribution in [0.1, 0.15) is 55.6 Å². The molecule has 1 saturated carbocycles. The average Bonchev–Trinajstić information content (AvgIpc) is 3.40. The summed E-state index contributed by atoms with van der Waals surface area (Å²) < 4.78 is 11.4. The van der Waals surface area contributed by atoms with Crippen LogP contribution >= 0.6 is 0 Å². The molecule has 1 aliphatic carbocycles. The van der Waals surface area contributed by atoms with Gasteiger partial charge in [-0.1, -0.05) is 49.6 Å². The summed E-state index contributed by atoms with van der Waals surface area (Å²) in [6.45, 7) is 0.223. The van der Waals surface area contributed by atoms with Crippen molar-refractivity contribution in [1.29, 1.82) is 0 Å². The number of hydrogen-bond acceptors (Lipinski definition) is 3. The molecule has 1 amide bonds. The molecule has 0 spiro atoms. The van der Waals surface area contributed by atoms with Gasteiger partial charge in [0, 0.05) is 41.0 Å². The van der Waals surface area contributed by atoms with Gasteiger partial charge in [0.05, 0.1) is 0 Å². The summed E-state index contributed by atoms with van der Waals surface area (Å²) in [6.07, 6.45) is 8.26. The normalized spacial score (nSPS) is 17.4. The minimum Gasteiger partial charge on any atom is -0.454 e. The minimum absolute atomic E-state index is 0.101. The topological polar surface area (TPSA) is 63.4 Å². The van der Waals surface area contributed by atoms with Gasteiger partial charge in [-0.25, -0.2) is 0 Å². The fraction of sp³-hybridized carbons (Fsp3) is 0.375. The molecule has 0 unspecified atom stereocenters. The van der Waals surface area contributed by atoms with Crippen molar-refractivity contribution in [3.05, 3.63) is 59.8 Å². The number of rotatable bonds is 5. The highest BCUT2D eigenvalue weighted by molar-refractivity contribution is 5.86. The number of hydrogen-bond donors (Lipinski definition) is 2. The first-order chi connectivity index (χ1) is 14.3. The number of amides is 1. The number of H-pyrrole nitrogens is 1. The highest BCUT2D eigenvalue weighted by atomic mass is 16.7. The third-order valence-corrected chi connectivity index (χ3v) is 6.16. The van der Waals surface area contributed by atoms with Crippen LogP contribution in [0.2, 0.25) is 0 Å². The van der Waals surface area contributed by atoms with E-state index in [2.05, 4.69) is 22.4 Å². The van der Waals surface area contributed by atoms with Crippen molar-refractivity contribution in [1.82, 2.24) is 10.3 Å². The predicted octanol–water partition coefficient (Wildman–Crippen LogP) is 4.87. The second-order valence-corrected chi connectivity index (χ2v) is 8.03. The van der Waals surface area contributed by atoms with E-state index in [-0.39, 0.29) is 18.6 Å². The van der Waals surface area contributed by atoms with E-state index in [9.17, 15) is 4.79 Å². The van der Waals surface area contributed by atoms with Gasteiger partial charge in [0.2, 0.25) is 12.7 Å². The first-order valence-corrected chi connectivity index (χ1v) is 10.5. The number of ether oxygens (including phenoxy) is 2. The quantitative estimate of drug-likeness (QED) is 0.653. The molecule has 0 saturated heterocycles. The number of para-hydroxylation sites is 2. The molecule has 29 heavy (non-hydrogen) atoms. The van der Waals surface area contributed by atoms with Crippen molar-refractivity contribution < 1.29 is 14.3 Å². The Hall–Kier alpha value is -2.95. The van der Waals surface area contributed by atoms with Crippen molar-refractivity contribution in [3.8, 4) is 11.5 Å². The van der Waals surface area contributed by atoms with E-state index in [1.54, 1.807) is 0 Å². The van der Waals surface area contributed by atoms with Gasteiger partial charge in [-0.05, 0) is 30.5 Å². The van der Waals surface area contributed by atoms with Gasteiger partial charge in [0.15, 0.2) is 11.5 Å². The SMILES string of the molecule is O=C(C[C@@H](c1cccc2c1OCO2)c1c[nH]c2ccccc12)NC1CCCCC1. The molecule has 1 fully saturated rings. The van der Waals surface area contributed by atoms with Crippen LogP contribution in [0.3, 0.4) is 0 Å². The zero-order chi connectivity index (χ0) is 19.6. The number of benzene rings is 2. The van der Waals surface area contributed by atoms with Crippen LogP contribution in [-0.4, -0.2) is 23.7 Å². The standard InChI is InChI=1S/C24H26N2O3/c27-23(26-16-7-2-1-3-8-16)13-19(18-10-6-12-22-24(18)29-15-28-22)20-14-25-21-11-5-4-9-17(20)21/h4-6,9-12,14,16,19,25H,1-3,7-8,13,15H2,(H,26,27)/t19-/m0/s1. The third kappa shape index (κ3) is 3.57. The summed E-state index contributed by atoms with van der Waals surface area (Å²) in [5.74, 6) is 1.50. The number of aromatic amines is 1. The summed E-state index contributed by atoms with van der Waals surface area (Å²) in [5, 5.41) is 4.41. The largest absolute Gasteiger partial charge is 0.454 e. The number of nitrogens with one attached hydrogen (secondary N) is 2. The second-order valence-electron chi connectivity index (χ2n) is 8.03. The molecule has 5 heteroatoms. The van der Waals surface area contributed by atoms with Crippen LogP contribution in [0.25, 0.3) is 10.9 Å².